The molecule has 0 spiro atoms. The van der Waals surface area contributed by atoms with Crippen molar-refractivity contribution in [2.75, 3.05) is 13.7 Å². The van der Waals surface area contributed by atoms with Crippen molar-refractivity contribution in [3.8, 4) is 11.5 Å². The number of hydrogen-bond donors (Lipinski definition) is 0. The highest BCUT2D eigenvalue weighted by Crippen LogP contribution is 2.50. The fourth-order valence-corrected chi connectivity index (χ4v) is 3.19. The molecule has 1 fully saturated rings. The second-order valence-electron chi connectivity index (χ2n) is 5.47. The van der Waals surface area contributed by atoms with Crippen molar-refractivity contribution in [2.45, 2.75) is 31.6 Å². The first-order valence-electron chi connectivity index (χ1n) is 7.52. The SMILES string of the molecule is CCOc1cc(C2(c3ccncc3)CCC2)ccc1OC. The quantitative estimate of drug-likeness (QED) is 0.832. The molecular formula is C18H21NO2. The first-order valence-corrected chi connectivity index (χ1v) is 7.52. The first kappa shape index (κ1) is 13.9. The van der Waals surface area contributed by atoms with Gasteiger partial charge in [0.25, 0.3) is 0 Å². The Hall–Kier alpha value is -2.03. The minimum Gasteiger partial charge on any atom is -0.493 e. The fourth-order valence-electron chi connectivity index (χ4n) is 3.19. The molecule has 0 aliphatic heterocycles. The molecule has 0 radical (unpaired) electrons. The van der Waals surface area contributed by atoms with E-state index in [2.05, 4.69) is 29.2 Å². The number of pyridine rings is 1. The van der Waals surface area contributed by atoms with Crippen LogP contribution in [0.4, 0.5) is 0 Å². The van der Waals surface area contributed by atoms with E-state index in [4.69, 9.17) is 9.47 Å². The second kappa shape index (κ2) is 5.76. The molecule has 1 aliphatic carbocycles. The lowest BCUT2D eigenvalue weighted by Crippen LogP contribution is -2.35. The van der Waals surface area contributed by atoms with Gasteiger partial charge < -0.3 is 9.47 Å². The Labute approximate surface area is 125 Å². The third-order valence-electron chi connectivity index (χ3n) is 4.46. The molecule has 0 amide bonds. The predicted molar refractivity (Wildman–Crippen MR) is 83.0 cm³/mol. The average Bonchev–Trinajstić information content (AvgIpc) is 2.48. The Bertz CT molecular complexity index is 606. The monoisotopic (exact) mass is 283 g/mol. The van der Waals surface area contributed by atoms with E-state index >= 15 is 0 Å². The Morgan fingerprint density at radius 1 is 1.05 bits per heavy atom. The summed E-state index contributed by atoms with van der Waals surface area (Å²) in [6.45, 7) is 2.64. The van der Waals surface area contributed by atoms with Crippen LogP contribution in [0.1, 0.15) is 37.3 Å². The van der Waals surface area contributed by atoms with Gasteiger partial charge in [0, 0.05) is 17.8 Å². The van der Waals surface area contributed by atoms with Gasteiger partial charge in [-0.3, -0.25) is 4.98 Å². The molecule has 2 aromatic rings. The molecule has 0 bridgehead atoms. The van der Waals surface area contributed by atoms with Gasteiger partial charge >= 0.3 is 0 Å². The number of hydrogen-bond acceptors (Lipinski definition) is 3. The third-order valence-corrected chi connectivity index (χ3v) is 4.46. The van der Waals surface area contributed by atoms with Crippen molar-refractivity contribution in [2.24, 2.45) is 0 Å². The van der Waals surface area contributed by atoms with Gasteiger partial charge in [0.05, 0.1) is 13.7 Å². The summed E-state index contributed by atoms with van der Waals surface area (Å²) in [5.41, 5.74) is 2.77. The van der Waals surface area contributed by atoms with E-state index in [0.29, 0.717) is 6.61 Å². The average molecular weight is 283 g/mol. The Balaban J connectivity index is 2.04. The minimum absolute atomic E-state index is 0.112. The van der Waals surface area contributed by atoms with E-state index in [1.807, 2.05) is 25.4 Å². The number of methoxy groups -OCH3 is 1. The van der Waals surface area contributed by atoms with E-state index < -0.39 is 0 Å². The molecule has 3 nitrogen and oxygen atoms in total. The third kappa shape index (κ3) is 2.37. The molecule has 1 saturated carbocycles. The number of aromatic nitrogens is 1. The maximum Gasteiger partial charge on any atom is 0.161 e. The van der Waals surface area contributed by atoms with Gasteiger partial charge in [0.2, 0.25) is 0 Å². The summed E-state index contributed by atoms with van der Waals surface area (Å²) < 4.78 is 11.1. The van der Waals surface area contributed by atoms with Crippen LogP contribution in [0.5, 0.6) is 11.5 Å². The molecule has 1 aliphatic rings. The predicted octanol–water partition coefficient (Wildman–Crippen LogP) is 3.96. The fraction of sp³-hybridized carbons (Fsp3) is 0.389. The molecule has 1 heterocycles. The summed E-state index contributed by atoms with van der Waals surface area (Å²) in [4.78, 5) is 4.14. The smallest absolute Gasteiger partial charge is 0.161 e. The van der Waals surface area contributed by atoms with Crippen LogP contribution in [-0.4, -0.2) is 18.7 Å². The van der Waals surface area contributed by atoms with E-state index in [-0.39, 0.29) is 5.41 Å². The summed E-state index contributed by atoms with van der Waals surface area (Å²) in [5, 5.41) is 0. The molecule has 3 rings (SSSR count). The summed E-state index contributed by atoms with van der Waals surface area (Å²) in [7, 11) is 1.68. The lowest BCUT2D eigenvalue weighted by molar-refractivity contribution is 0.291. The van der Waals surface area contributed by atoms with Crippen molar-refractivity contribution in [1.29, 1.82) is 0 Å². The maximum absolute atomic E-state index is 5.73. The van der Waals surface area contributed by atoms with Gasteiger partial charge in [0.15, 0.2) is 11.5 Å². The molecule has 0 N–H and O–H groups in total. The van der Waals surface area contributed by atoms with E-state index in [9.17, 15) is 0 Å². The zero-order valence-corrected chi connectivity index (χ0v) is 12.6. The van der Waals surface area contributed by atoms with Crippen molar-refractivity contribution in [3.05, 3.63) is 53.9 Å². The maximum atomic E-state index is 5.73. The molecule has 0 saturated heterocycles. The van der Waals surface area contributed by atoms with Crippen LogP contribution in [0.3, 0.4) is 0 Å². The number of nitrogens with zero attached hydrogens (tertiary/aromatic N) is 1. The van der Waals surface area contributed by atoms with Crippen LogP contribution in [0, 0.1) is 0 Å². The van der Waals surface area contributed by atoms with Crippen molar-refractivity contribution in [1.82, 2.24) is 4.98 Å². The van der Waals surface area contributed by atoms with Gasteiger partial charge in [-0.1, -0.05) is 12.5 Å². The van der Waals surface area contributed by atoms with Crippen LogP contribution in [0.25, 0.3) is 0 Å². The van der Waals surface area contributed by atoms with Crippen LogP contribution < -0.4 is 9.47 Å². The van der Waals surface area contributed by atoms with Crippen LogP contribution >= 0.6 is 0 Å². The van der Waals surface area contributed by atoms with Crippen LogP contribution in [-0.2, 0) is 5.41 Å². The van der Waals surface area contributed by atoms with Crippen LogP contribution in [0.15, 0.2) is 42.7 Å². The second-order valence-corrected chi connectivity index (χ2v) is 5.47. The normalized spacial score (nSPS) is 16.1. The zero-order valence-electron chi connectivity index (χ0n) is 12.6. The summed E-state index contributed by atoms with van der Waals surface area (Å²) in [5.74, 6) is 1.63. The van der Waals surface area contributed by atoms with Crippen LogP contribution in [0.2, 0.25) is 0 Å². The van der Waals surface area contributed by atoms with E-state index in [0.717, 1.165) is 11.5 Å². The number of benzene rings is 1. The van der Waals surface area contributed by atoms with Gasteiger partial charge in [-0.15, -0.1) is 0 Å². The van der Waals surface area contributed by atoms with Gasteiger partial charge in [-0.05, 0) is 55.2 Å². The minimum atomic E-state index is 0.112. The Morgan fingerprint density at radius 3 is 2.38 bits per heavy atom. The van der Waals surface area contributed by atoms with E-state index in [1.165, 1.54) is 30.4 Å². The topological polar surface area (TPSA) is 31.4 Å². The van der Waals surface area contributed by atoms with Gasteiger partial charge in [0.1, 0.15) is 0 Å². The summed E-state index contributed by atoms with van der Waals surface area (Å²) >= 11 is 0. The molecule has 21 heavy (non-hydrogen) atoms. The Morgan fingerprint density at radius 2 is 1.81 bits per heavy atom. The van der Waals surface area contributed by atoms with Crippen molar-refractivity contribution < 1.29 is 9.47 Å². The molecule has 0 unspecified atom stereocenters. The summed E-state index contributed by atoms with van der Waals surface area (Å²) in [6, 6.07) is 10.6. The largest absolute Gasteiger partial charge is 0.493 e. The molecule has 0 atom stereocenters. The summed E-state index contributed by atoms with van der Waals surface area (Å²) in [6.07, 6.45) is 7.37. The van der Waals surface area contributed by atoms with Gasteiger partial charge in [-0.2, -0.15) is 0 Å². The molecule has 3 heteroatoms. The lowest BCUT2D eigenvalue weighted by Gasteiger charge is -2.43. The first-order chi connectivity index (χ1) is 10.3. The Kier molecular flexibility index (Phi) is 3.82. The van der Waals surface area contributed by atoms with Crippen molar-refractivity contribution in [3.63, 3.8) is 0 Å². The molecule has 110 valence electrons. The van der Waals surface area contributed by atoms with Gasteiger partial charge in [-0.25, -0.2) is 0 Å². The molecule has 1 aromatic carbocycles. The van der Waals surface area contributed by atoms with Crippen molar-refractivity contribution >= 4 is 0 Å². The number of ether oxygens (including phenoxy) is 2. The zero-order chi connectivity index (χ0) is 14.7. The molecular weight excluding hydrogens is 262 g/mol. The molecule has 1 aromatic heterocycles. The lowest BCUT2D eigenvalue weighted by atomic mass is 9.61. The van der Waals surface area contributed by atoms with E-state index in [1.54, 1.807) is 7.11 Å². The highest BCUT2D eigenvalue weighted by atomic mass is 16.5. The highest BCUT2D eigenvalue weighted by Gasteiger charge is 2.40. The highest BCUT2D eigenvalue weighted by molar-refractivity contribution is 5.49. The number of rotatable bonds is 5. The standard InChI is InChI=1S/C18H21NO2/c1-3-21-17-13-15(5-6-16(17)20-2)18(9-4-10-18)14-7-11-19-12-8-14/h5-8,11-13H,3-4,9-10H2,1-2H3.